The van der Waals surface area contributed by atoms with Gasteiger partial charge in [0, 0.05) is 11.3 Å². The maximum absolute atomic E-state index is 13.6. The van der Waals surface area contributed by atoms with E-state index in [0.29, 0.717) is 22.7 Å². The van der Waals surface area contributed by atoms with Gasteiger partial charge in [-0.3, -0.25) is 19.3 Å². The Kier molecular flexibility index (Phi) is 5.73. The number of anilines is 1. The van der Waals surface area contributed by atoms with E-state index in [1.807, 2.05) is 0 Å². The third-order valence-electron chi connectivity index (χ3n) is 5.53. The summed E-state index contributed by atoms with van der Waals surface area (Å²) in [7, 11) is 3.03. The Hall–Kier alpha value is -4.00. The summed E-state index contributed by atoms with van der Waals surface area (Å²) >= 11 is 0. The van der Waals surface area contributed by atoms with Crippen LogP contribution in [-0.4, -0.2) is 31.7 Å². The predicted octanol–water partition coefficient (Wildman–Crippen LogP) is 4.00. The van der Waals surface area contributed by atoms with Gasteiger partial charge in [0.1, 0.15) is 23.2 Å². The van der Waals surface area contributed by atoms with Crippen LogP contribution in [0.25, 0.3) is 0 Å². The molecule has 3 aromatic rings. The number of hydrogen-bond acceptors (Lipinski definition) is 5. The Balaban J connectivity index is 1.81. The van der Waals surface area contributed by atoms with Crippen molar-refractivity contribution in [3.05, 3.63) is 89.7 Å². The molecule has 3 aromatic carbocycles. The highest BCUT2D eigenvalue weighted by Crippen LogP contribution is 2.41. The molecule has 1 fully saturated rings. The summed E-state index contributed by atoms with van der Waals surface area (Å²) in [6.07, 6.45) is 0. The number of rotatable bonds is 6. The lowest BCUT2D eigenvalue weighted by atomic mass is 9.86. The molecule has 1 aliphatic heterocycles. The van der Waals surface area contributed by atoms with E-state index in [-0.39, 0.29) is 5.56 Å². The number of methoxy groups -OCH3 is 2. The summed E-state index contributed by atoms with van der Waals surface area (Å²) in [5.74, 6) is -2.69. The number of amides is 1. The number of ether oxygens (including phenoxy) is 2. The summed E-state index contributed by atoms with van der Waals surface area (Å²) < 4.78 is 23.9. The summed E-state index contributed by atoms with van der Waals surface area (Å²) in [5.41, 5.74) is 1.19. The lowest BCUT2D eigenvalue weighted by Crippen LogP contribution is -2.30. The minimum atomic E-state index is -1.27. The van der Waals surface area contributed by atoms with Crippen molar-refractivity contribution < 1.29 is 28.2 Å². The van der Waals surface area contributed by atoms with Crippen molar-refractivity contribution in [2.75, 3.05) is 19.1 Å². The Morgan fingerprint density at radius 1 is 0.812 bits per heavy atom. The average molecular weight is 433 g/mol. The summed E-state index contributed by atoms with van der Waals surface area (Å²) in [6, 6.07) is 17.5. The van der Waals surface area contributed by atoms with E-state index in [0.717, 1.165) is 0 Å². The average Bonchev–Trinajstić information content (AvgIpc) is 3.09. The zero-order valence-electron chi connectivity index (χ0n) is 17.4. The van der Waals surface area contributed by atoms with Gasteiger partial charge in [0.2, 0.25) is 5.78 Å². The Labute approximate surface area is 184 Å². The first-order chi connectivity index (χ1) is 15.4. The molecule has 0 spiro atoms. The minimum absolute atomic E-state index is 0.278. The number of hydrogen-bond donors (Lipinski definition) is 0. The lowest BCUT2D eigenvalue weighted by molar-refractivity contribution is -0.135. The number of carbonyl (C=O) groups excluding carboxylic acids is 3. The molecule has 0 radical (unpaired) electrons. The molecule has 6 nitrogen and oxygen atoms in total. The normalized spacial score (nSPS) is 18.0. The summed E-state index contributed by atoms with van der Waals surface area (Å²) in [4.78, 5) is 40.8. The Morgan fingerprint density at radius 2 is 1.34 bits per heavy atom. The predicted molar refractivity (Wildman–Crippen MR) is 115 cm³/mol. The van der Waals surface area contributed by atoms with Gasteiger partial charge in [-0.15, -0.1) is 0 Å². The lowest BCUT2D eigenvalue weighted by Gasteiger charge is -2.27. The highest BCUT2D eigenvalue weighted by atomic mass is 19.1. The minimum Gasteiger partial charge on any atom is -0.497 e. The molecular weight excluding hydrogens is 413 g/mol. The third-order valence-corrected chi connectivity index (χ3v) is 5.53. The monoisotopic (exact) mass is 433 g/mol. The number of Topliss-reactive ketones (excluding diaryl/α,β-unsaturated/α-hetero) is 2. The van der Waals surface area contributed by atoms with Gasteiger partial charge >= 0.3 is 0 Å². The van der Waals surface area contributed by atoms with Crippen LogP contribution in [0.15, 0.2) is 72.8 Å². The van der Waals surface area contributed by atoms with Gasteiger partial charge in [-0.2, -0.15) is 0 Å². The molecule has 1 heterocycles. The fourth-order valence-electron chi connectivity index (χ4n) is 3.89. The maximum Gasteiger partial charge on any atom is 0.295 e. The van der Waals surface area contributed by atoms with Crippen molar-refractivity contribution in [1.29, 1.82) is 0 Å². The zero-order chi connectivity index (χ0) is 22.8. The van der Waals surface area contributed by atoms with Crippen molar-refractivity contribution in [3.63, 3.8) is 0 Å². The molecule has 1 amide bonds. The largest absolute Gasteiger partial charge is 0.497 e. The van der Waals surface area contributed by atoms with Gasteiger partial charge in [0.05, 0.1) is 20.3 Å². The van der Waals surface area contributed by atoms with E-state index in [1.165, 1.54) is 43.4 Å². The molecule has 7 heteroatoms. The van der Waals surface area contributed by atoms with Crippen molar-refractivity contribution in [1.82, 2.24) is 0 Å². The first kappa shape index (κ1) is 21.2. The highest BCUT2D eigenvalue weighted by molar-refractivity contribution is 6.49. The second-order valence-electron chi connectivity index (χ2n) is 7.30. The smallest absolute Gasteiger partial charge is 0.295 e. The molecule has 1 saturated heterocycles. The number of ketones is 2. The van der Waals surface area contributed by atoms with Gasteiger partial charge in [-0.1, -0.05) is 12.1 Å². The fraction of sp³-hybridized carbons (Fsp3) is 0.160. The molecule has 0 saturated carbocycles. The third kappa shape index (κ3) is 3.73. The van der Waals surface area contributed by atoms with Crippen LogP contribution in [0.5, 0.6) is 11.5 Å². The van der Waals surface area contributed by atoms with Crippen LogP contribution < -0.4 is 14.4 Å². The first-order valence-corrected chi connectivity index (χ1v) is 9.89. The van der Waals surface area contributed by atoms with Crippen molar-refractivity contribution in [2.24, 2.45) is 5.92 Å². The van der Waals surface area contributed by atoms with Crippen LogP contribution in [0.3, 0.4) is 0 Å². The molecule has 0 aromatic heterocycles. The first-order valence-electron chi connectivity index (χ1n) is 9.89. The zero-order valence-corrected chi connectivity index (χ0v) is 17.4. The van der Waals surface area contributed by atoms with Crippen LogP contribution in [0.1, 0.15) is 22.0 Å². The van der Waals surface area contributed by atoms with Gasteiger partial charge in [-0.05, 0) is 66.2 Å². The van der Waals surface area contributed by atoms with Gasteiger partial charge in [0.25, 0.3) is 5.91 Å². The molecule has 162 valence electrons. The molecule has 2 atom stereocenters. The molecular formula is C25H20FNO5. The molecule has 1 aliphatic rings. The van der Waals surface area contributed by atoms with Crippen molar-refractivity contribution in [2.45, 2.75) is 6.04 Å². The number of benzene rings is 3. The van der Waals surface area contributed by atoms with Crippen LogP contribution in [0.4, 0.5) is 10.1 Å². The van der Waals surface area contributed by atoms with Crippen LogP contribution in [0.2, 0.25) is 0 Å². The van der Waals surface area contributed by atoms with Gasteiger partial charge in [0.15, 0.2) is 5.78 Å². The second kappa shape index (κ2) is 8.63. The second-order valence-corrected chi connectivity index (χ2v) is 7.30. The quantitative estimate of drug-likeness (QED) is 0.334. The SMILES string of the molecule is COc1ccc(C(=O)C2C(=O)C(=O)N(c3ccc(OC)cc3)C2c2ccc(F)cc2)cc1. The molecule has 2 unspecified atom stereocenters. The standard InChI is InChI=1S/C25H20FNO5/c1-31-19-11-5-16(6-12-19)23(28)21-22(15-3-7-17(26)8-4-15)27(25(30)24(21)29)18-9-13-20(32-2)14-10-18/h3-14,21-22H,1-2H3. The van der Waals surface area contributed by atoms with E-state index in [4.69, 9.17) is 9.47 Å². The van der Waals surface area contributed by atoms with Crippen molar-refractivity contribution >= 4 is 23.2 Å². The van der Waals surface area contributed by atoms with Crippen molar-refractivity contribution in [3.8, 4) is 11.5 Å². The number of nitrogens with zero attached hydrogens (tertiary/aromatic N) is 1. The fourth-order valence-corrected chi connectivity index (χ4v) is 3.89. The van der Waals surface area contributed by atoms with E-state index >= 15 is 0 Å². The number of carbonyl (C=O) groups is 3. The topological polar surface area (TPSA) is 72.9 Å². The van der Waals surface area contributed by atoms with Crippen LogP contribution in [0, 0.1) is 11.7 Å². The van der Waals surface area contributed by atoms with E-state index in [2.05, 4.69) is 0 Å². The van der Waals surface area contributed by atoms with Crippen LogP contribution in [-0.2, 0) is 9.59 Å². The summed E-state index contributed by atoms with van der Waals surface area (Å²) in [6.45, 7) is 0. The van der Waals surface area contributed by atoms with Gasteiger partial charge in [-0.25, -0.2) is 4.39 Å². The highest BCUT2D eigenvalue weighted by Gasteiger charge is 2.52. The molecule has 4 rings (SSSR count). The molecule has 0 aliphatic carbocycles. The maximum atomic E-state index is 13.6. The van der Waals surface area contributed by atoms with E-state index < -0.39 is 35.3 Å². The van der Waals surface area contributed by atoms with E-state index in [9.17, 15) is 18.8 Å². The Morgan fingerprint density at radius 3 is 1.88 bits per heavy atom. The summed E-state index contributed by atoms with van der Waals surface area (Å²) in [5, 5.41) is 0. The van der Waals surface area contributed by atoms with Gasteiger partial charge < -0.3 is 9.47 Å². The van der Waals surface area contributed by atoms with Crippen LogP contribution >= 0.6 is 0 Å². The number of halogens is 1. The van der Waals surface area contributed by atoms with E-state index in [1.54, 1.807) is 48.5 Å². The molecule has 0 bridgehead atoms. The molecule has 0 N–H and O–H groups in total. The Bertz CT molecular complexity index is 1160. The molecule has 32 heavy (non-hydrogen) atoms.